The van der Waals surface area contributed by atoms with Gasteiger partial charge in [0.2, 0.25) is 0 Å². The molecule has 0 atom stereocenters. The van der Waals surface area contributed by atoms with Crippen LogP contribution in [-0.4, -0.2) is 13.4 Å². The molecule has 0 radical (unpaired) electrons. The molecule has 0 spiro atoms. The average Bonchev–Trinajstić information content (AvgIpc) is 2.16. The van der Waals surface area contributed by atoms with Crippen molar-refractivity contribution >= 4 is 24.0 Å². The van der Waals surface area contributed by atoms with Crippen LogP contribution in [0, 0.1) is 11.5 Å². The largest absolute Gasteiger partial charge is 0.138 e. The summed E-state index contributed by atoms with van der Waals surface area (Å²) in [6.07, 6.45) is 3.93. The summed E-state index contributed by atoms with van der Waals surface area (Å²) in [5, 5.41) is 0.846. The highest BCUT2D eigenvalue weighted by atomic mass is 79.9. The van der Waals surface area contributed by atoms with Crippen LogP contribution in [0.2, 0.25) is 18.1 Å². The summed E-state index contributed by atoms with van der Waals surface area (Å²) in [7, 11) is -1.21. The number of halogens is 1. The van der Waals surface area contributed by atoms with Gasteiger partial charge in [-0.2, -0.15) is 0 Å². The third-order valence-electron chi connectivity index (χ3n) is 2.61. The Morgan fingerprint density at radius 1 is 0.929 bits per heavy atom. The van der Waals surface area contributed by atoms with Crippen LogP contribution in [0.15, 0.2) is 0 Å². The van der Waals surface area contributed by atoms with Crippen molar-refractivity contribution in [3.8, 4) is 11.5 Å². The number of hydrogen-bond acceptors (Lipinski definition) is 0. The van der Waals surface area contributed by atoms with E-state index < -0.39 is 8.07 Å². The van der Waals surface area contributed by atoms with Gasteiger partial charge in [0.1, 0.15) is 8.07 Å². The van der Waals surface area contributed by atoms with Crippen LogP contribution in [0.4, 0.5) is 0 Å². The van der Waals surface area contributed by atoms with Crippen LogP contribution >= 0.6 is 15.9 Å². The molecule has 0 nitrogen and oxygen atoms in total. The van der Waals surface area contributed by atoms with Crippen molar-refractivity contribution in [1.82, 2.24) is 0 Å². The quantitative estimate of drug-likeness (QED) is 0.377. The predicted octanol–water partition coefficient (Wildman–Crippen LogP) is 4.60. The second-order valence-corrected chi connectivity index (χ2v) is 8.84. The van der Waals surface area contributed by atoms with Crippen molar-refractivity contribution in [1.29, 1.82) is 0 Å². The molecule has 0 bridgehead atoms. The average molecular weight is 275 g/mol. The molecular formula is C12H23BrSi. The lowest BCUT2D eigenvalue weighted by Crippen LogP contribution is -2.32. The summed E-state index contributed by atoms with van der Waals surface area (Å²) >= 11 is 3.40. The van der Waals surface area contributed by atoms with E-state index in [0.29, 0.717) is 0 Å². The first-order chi connectivity index (χ1) is 6.74. The van der Waals surface area contributed by atoms with Crippen LogP contribution in [0.25, 0.3) is 0 Å². The molecule has 0 N–H and O–H groups in total. The van der Waals surface area contributed by atoms with E-state index in [1.165, 1.54) is 37.4 Å². The van der Waals surface area contributed by atoms with Gasteiger partial charge >= 0.3 is 0 Å². The van der Waals surface area contributed by atoms with Crippen LogP contribution in [0.1, 0.15) is 40.0 Å². The van der Waals surface area contributed by atoms with Crippen molar-refractivity contribution in [3.63, 3.8) is 0 Å². The molecule has 0 aliphatic carbocycles. The van der Waals surface area contributed by atoms with Crippen LogP contribution in [0.5, 0.6) is 0 Å². The zero-order chi connectivity index (χ0) is 10.9. The Morgan fingerprint density at radius 3 is 1.64 bits per heavy atom. The fraction of sp³-hybridized carbons (Fsp3) is 0.833. The molecule has 0 rings (SSSR count). The lowest BCUT2D eigenvalue weighted by Gasteiger charge is -2.24. The Balaban J connectivity index is 4.54. The fourth-order valence-corrected chi connectivity index (χ4v) is 7.08. The van der Waals surface area contributed by atoms with E-state index >= 15 is 0 Å². The smallest absolute Gasteiger partial charge is 0.130 e. The molecule has 14 heavy (non-hydrogen) atoms. The summed E-state index contributed by atoms with van der Waals surface area (Å²) in [5.41, 5.74) is 3.63. The highest BCUT2D eigenvalue weighted by Crippen LogP contribution is 2.25. The summed E-state index contributed by atoms with van der Waals surface area (Å²) < 4.78 is 0. The Bertz CT molecular complexity index is 173. The highest BCUT2D eigenvalue weighted by Gasteiger charge is 2.27. The molecule has 0 aliphatic heterocycles. The van der Waals surface area contributed by atoms with Gasteiger partial charge < -0.3 is 0 Å². The van der Waals surface area contributed by atoms with Crippen molar-refractivity contribution in [3.05, 3.63) is 0 Å². The Morgan fingerprint density at radius 2 is 1.36 bits per heavy atom. The maximum atomic E-state index is 3.63. The molecule has 0 amide bonds. The third-order valence-corrected chi connectivity index (χ3v) is 7.96. The molecule has 0 saturated heterocycles. The summed E-state index contributed by atoms with van der Waals surface area (Å²) in [4.78, 5) is 0. The molecule has 0 heterocycles. The normalized spacial score (nSPS) is 10.9. The first-order valence-electron chi connectivity index (χ1n) is 5.80. The number of alkyl halides is 1. The van der Waals surface area contributed by atoms with Gasteiger partial charge in [-0.05, 0) is 18.1 Å². The van der Waals surface area contributed by atoms with E-state index in [-0.39, 0.29) is 0 Å². The molecule has 2 heteroatoms. The first-order valence-corrected chi connectivity index (χ1v) is 9.55. The Kier molecular flexibility index (Phi) is 8.71. The van der Waals surface area contributed by atoms with Gasteiger partial charge in [-0.25, -0.2) is 0 Å². The van der Waals surface area contributed by atoms with Gasteiger partial charge in [-0.3, -0.25) is 0 Å². The Hall–Kier alpha value is 0.257. The molecule has 0 unspecified atom stereocenters. The number of rotatable bonds is 6. The molecule has 0 fully saturated rings. The van der Waals surface area contributed by atoms with Gasteiger partial charge in [0.05, 0.1) is 5.33 Å². The lowest BCUT2D eigenvalue weighted by atomic mass is 10.5. The van der Waals surface area contributed by atoms with Crippen molar-refractivity contribution in [2.45, 2.75) is 58.2 Å². The van der Waals surface area contributed by atoms with E-state index in [0.717, 1.165) is 5.33 Å². The summed E-state index contributed by atoms with van der Waals surface area (Å²) in [6.45, 7) is 6.88. The summed E-state index contributed by atoms with van der Waals surface area (Å²) in [6, 6.07) is 4.19. The molecular weight excluding hydrogens is 252 g/mol. The van der Waals surface area contributed by atoms with Crippen molar-refractivity contribution in [2.75, 3.05) is 5.33 Å². The lowest BCUT2D eigenvalue weighted by molar-refractivity contribution is 0.940. The topological polar surface area (TPSA) is 0 Å². The van der Waals surface area contributed by atoms with Gasteiger partial charge in [0, 0.05) is 0 Å². The third kappa shape index (κ3) is 5.22. The van der Waals surface area contributed by atoms with Crippen LogP contribution in [-0.2, 0) is 0 Å². The zero-order valence-corrected chi connectivity index (χ0v) is 12.4. The van der Waals surface area contributed by atoms with E-state index in [9.17, 15) is 0 Å². The summed E-state index contributed by atoms with van der Waals surface area (Å²) in [5.74, 6) is 3.27. The standard InChI is InChI=1S/C12H23BrSi/c1-4-9-14(10-5-2,11-6-3)12-7-8-13/h4-6,8-11H2,1-3H3. The monoisotopic (exact) mass is 274 g/mol. The molecule has 0 aromatic heterocycles. The van der Waals surface area contributed by atoms with Crippen molar-refractivity contribution < 1.29 is 0 Å². The van der Waals surface area contributed by atoms with Crippen LogP contribution < -0.4 is 0 Å². The SMILES string of the molecule is CCC[Si](C#CCBr)(CCC)CCC. The van der Waals surface area contributed by atoms with Crippen LogP contribution in [0.3, 0.4) is 0 Å². The minimum Gasteiger partial charge on any atom is -0.130 e. The molecule has 0 aromatic carbocycles. The number of hydrogen-bond donors (Lipinski definition) is 0. The molecule has 82 valence electrons. The minimum absolute atomic E-state index is 0.846. The maximum absolute atomic E-state index is 3.63. The van der Waals surface area contributed by atoms with Gasteiger partial charge in [-0.1, -0.05) is 61.9 Å². The molecule has 0 saturated carbocycles. The molecule has 0 aromatic rings. The first kappa shape index (κ1) is 14.3. The van der Waals surface area contributed by atoms with Crippen molar-refractivity contribution in [2.24, 2.45) is 0 Å². The Labute approximate surface area is 99.0 Å². The second-order valence-electron chi connectivity index (χ2n) is 3.97. The predicted molar refractivity (Wildman–Crippen MR) is 72.6 cm³/mol. The van der Waals surface area contributed by atoms with E-state index in [1.54, 1.807) is 0 Å². The van der Waals surface area contributed by atoms with E-state index in [1.807, 2.05) is 0 Å². The van der Waals surface area contributed by atoms with Gasteiger partial charge in [-0.15, -0.1) is 5.54 Å². The highest BCUT2D eigenvalue weighted by molar-refractivity contribution is 9.09. The zero-order valence-electron chi connectivity index (χ0n) is 9.83. The minimum atomic E-state index is -1.21. The van der Waals surface area contributed by atoms with E-state index in [2.05, 4.69) is 48.2 Å². The van der Waals surface area contributed by atoms with Gasteiger partial charge in [0.15, 0.2) is 0 Å². The maximum Gasteiger partial charge on any atom is 0.138 e. The second kappa shape index (κ2) is 8.56. The van der Waals surface area contributed by atoms with E-state index in [4.69, 9.17) is 0 Å². The molecule has 0 aliphatic rings. The fourth-order valence-electron chi connectivity index (χ4n) is 2.22. The van der Waals surface area contributed by atoms with Gasteiger partial charge in [0.25, 0.3) is 0 Å².